The number of anilines is 1. The van der Waals surface area contributed by atoms with Crippen LogP contribution in [0.3, 0.4) is 0 Å². The summed E-state index contributed by atoms with van der Waals surface area (Å²) in [6.45, 7) is 0.157. The van der Waals surface area contributed by atoms with Crippen LogP contribution in [0.1, 0.15) is 36.2 Å². The number of furan rings is 1. The van der Waals surface area contributed by atoms with Crippen LogP contribution in [0.25, 0.3) is 0 Å². The molecule has 1 aromatic rings. The molecular weight excluding hydrogens is 222 g/mol. The predicted octanol–water partition coefficient (Wildman–Crippen LogP) is 1.94. The molecule has 2 atom stereocenters. The fourth-order valence-electron chi connectivity index (χ4n) is 2.33. The van der Waals surface area contributed by atoms with E-state index in [1.54, 1.807) is 6.07 Å². The molecule has 0 amide bonds. The van der Waals surface area contributed by atoms with Crippen LogP contribution >= 0.6 is 0 Å². The molecule has 94 valence electrons. The highest BCUT2D eigenvalue weighted by Crippen LogP contribution is 2.27. The first-order valence-corrected chi connectivity index (χ1v) is 5.91. The lowest BCUT2D eigenvalue weighted by molar-refractivity contribution is 0.0663. The van der Waals surface area contributed by atoms with Gasteiger partial charge in [-0.1, -0.05) is 12.8 Å². The Labute approximate surface area is 99.4 Å². The zero-order valence-electron chi connectivity index (χ0n) is 9.56. The van der Waals surface area contributed by atoms with E-state index >= 15 is 0 Å². The minimum atomic E-state index is -1.07. The van der Waals surface area contributed by atoms with Gasteiger partial charge < -0.3 is 19.9 Å². The summed E-state index contributed by atoms with van der Waals surface area (Å²) in [6.07, 6.45) is 4.25. The van der Waals surface area contributed by atoms with Gasteiger partial charge in [-0.3, -0.25) is 0 Å². The van der Waals surface area contributed by atoms with Crippen molar-refractivity contribution in [1.82, 2.24) is 0 Å². The van der Waals surface area contributed by atoms with E-state index in [9.17, 15) is 9.90 Å². The van der Waals surface area contributed by atoms with E-state index in [-0.39, 0.29) is 24.3 Å². The molecule has 0 radical (unpaired) electrons. The summed E-state index contributed by atoms with van der Waals surface area (Å²) in [5.41, 5.74) is 0. The van der Waals surface area contributed by atoms with E-state index < -0.39 is 5.97 Å². The van der Waals surface area contributed by atoms with Crippen LogP contribution in [0.4, 0.5) is 5.88 Å². The maximum absolute atomic E-state index is 10.7. The predicted molar refractivity (Wildman–Crippen MR) is 62.1 cm³/mol. The van der Waals surface area contributed by atoms with Gasteiger partial charge in [0.05, 0.1) is 0 Å². The van der Waals surface area contributed by atoms with E-state index in [1.165, 1.54) is 6.07 Å². The average Bonchev–Trinajstić information content (AvgIpc) is 2.78. The molecule has 0 aliphatic heterocycles. The third-order valence-corrected chi connectivity index (χ3v) is 3.29. The Hall–Kier alpha value is -1.49. The van der Waals surface area contributed by atoms with E-state index in [0.717, 1.165) is 25.7 Å². The third-order valence-electron chi connectivity index (χ3n) is 3.29. The number of hydrogen-bond acceptors (Lipinski definition) is 4. The largest absolute Gasteiger partial charge is 0.475 e. The minimum absolute atomic E-state index is 0.0659. The molecule has 1 aliphatic rings. The highest BCUT2D eigenvalue weighted by atomic mass is 16.4. The van der Waals surface area contributed by atoms with E-state index in [0.29, 0.717) is 5.88 Å². The minimum Gasteiger partial charge on any atom is -0.475 e. The van der Waals surface area contributed by atoms with Crippen LogP contribution < -0.4 is 5.32 Å². The molecule has 1 heterocycles. The number of rotatable bonds is 4. The summed E-state index contributed by atoms with van der Waals surface area (Å²) in [4.78, 5) is 10.7. The third kappa shape index (κ3) is 2.79. The fourth-order valence-corrected chi connectivity index (χ4v) is 2.33. The quantitative estimate of drug-likeness (QED) is 0.748. The van der Waals surface area contributed by atoms with Crippen molar-refractivity contribution in [2.24, 2.45) is 5.92 Å². The zero-order chi connectivity index (χ0) is 12.3. The SMILES string of the molecule is O=C(O)c1ccc(NC2CCCCC2CO)o1. The van der Waals surface area contributed by atoms with Crippen LogP contribution in [-0.2, 0) is 0 Å². The Bertz CT molecular complexity index is 388. The molecule has 1 fully saturated rings. The van der Waals surface area contributed by atoms with E-state index in [2.05, 4.69) is 5.32 Å². The maximum atomic E-state index is 10.7. The second kappa shape index (κ2) is 5.23. The monoisotopic (exact) mass is 239 g/mol. The first kappa shape index (κ1) is 12.0. The van der Waals surface area contributed by atoms with Crippen molar-refractivity contribution in [2.45, 2.75) is 31.7 Å². The lowest BCUT2D eigenvalue weighted by Gasteiger charge is -2.30. The van der Waals surface area contributed by atoms with Gasteiger partial charge in [0.25, 0.3) is 0 Å². The second-order valence-corrected chi connectivity index (χ2v) is 4.45. The van der Waals surface area contributed by atoms with Crippen LogP contribution in [0, 0.1) is 5.92 Å². The summed E-state index contributed by atoms with van der Waals surface area (Å²) in [5, 5.41) is 21.2. The summed E-state index contributed by atoms with van der Waals surface area (Å²) in [5.74, 6) is -0.445. The molecular formula is C12H17NO4. The van der Waals surface area contributed by atoms with E-state index in [4.69, 9.17) is 9.52 Å². The molecule has 0 aromatic carbocycles. The van der Waals surface area contributed by atoms with Crippen LogP contribution in [0.5, 0.6) is 0 Å². The average molecular weight is 239 g/mol. The zero-order valence-corrected chi connectivity index (χ0v) is 9.56. The molecule has 0 saturated heterocycles. The molecule has 5 heteroatoms. The van der Waals surface area contributed by atoms with Gasteiger partial charge in [0.1, 0.15) is 0 Å². The standard InChI is InChI=1S/C12H17NO4/c14-7-8-3-1-2-4-9(8)13-11-6-5-10(17-11)12(15)16/h5-6,8-9,13-14H,1-4,7H2,(H,15,16). The smallest absolute Gasteiger partial charge is 0.371 e. The molecule has 1 saturated carbocycles. The van der Waals surface area contributed by atoms with Crippen LogP contribution in [0.2, 0.25) is 0 Å². The second-order valence-electron chi connectivity index (χ2n) is 4.45. The van der Waals surface area contributed by atoms with Crippen LogP contribution in [0.15, 0.2) is 16.5 Å². The van der Waals surface area contributed by atoms with Gasteiger partial charge in [-0.15, -0.1) is 0 Å². The van der Waals surface area contributed by atoms with Crippen molar-refractivity contribution < 1.29 is 19.4 Å². The number of hydrogen-bond donors (Lipinski definition) is 3. The maximum Gasteiger partial charge on any atom is 0.371 e. The molecule has 0 bridgehead atoms. The van der Waals surface area contributed by atoms with Crippen molar-refractivity contribution in [2.75, 3.05) is 11.9 Å². The number of aliphatic hydroxyl groups excluding tert-OH is 1. The normalized spacial score (nSPS) is 24.5. The molecule has 2 rings (SSSR count). The van der Waals surface area contributed by atoms with Gasteiger partial charge in [0, 0.05) is 24.6 Å². The summed E-state index contributed by atoms with van der Waals surface area (Å²) in [7, 11) is 0. The number of carbonyl (C=O) groups is 1. The van der Waals surface area contributed by atoms with Crippen molar-refractivity contribution in [3.8, 4) is 0 Å². The van der Waals surface area contributed by atoms with Gasteiger partial charge in [-0.25, -0.2) is 4.79 Å². The van der Waals surface area contributed by atoms with Gasteiger partial charge >= 0.3 is 5.97 Å². The van der Waals surface area contributed by atoms with Gasteiger partial charge in [0.2, 0.25) is 5.76 Å². The molecule has 17 heavy (non-hydrogen) atoms. The van der Waals surface area contributed by atoms with Crippen molar-refractivity contribution in [3.63, 3.8) is 0 Å². The molecule has 1 aliphatic carbocycles. The topological polar surface area (TPSA) is 82.7 Å². The summed E-state index contributed by atoms with van der Waals surface area (Å²) >= 11 is 0. The number of aromatic carboxylic acids is 1. The molecule has 5 nitrogen and oxygen atoms in total. The number of aliphatic hydroxyl groups is 1. The highest BCUT2D eigenvalue weighted by molar-refractivity contribution is 5.84. The first-order valence-electron chi connectivity index (χ1n) is 5.91. The first-order chi connectivity index (χ1) is 8.20. The number of carboxylic acids is 1. The Morgan fingerprint density at radius 1 is 1.41 bits per heavy atom. The van der Waals surface area contributed by atoms with Gasteiger partial charge in [0.15, 0.2) is 5.88 Å². The van der Waals surface area contributed by atoms with Crippen molar-refractivity contribution >= 4 is 11.9 Å². The molecule has 0 spiro atoms. The number of nitrogens with one attached hydrogen (secondary N) is 1. The summed E-state index contributed by atoms with van der Waals surface area (Å²) in [6, 6.07) is 3.22. The molecule has 2 unspecified atom stereocenters. The van der Waals surface area contributed by atoms with Crippen molar-refractivity contribution in [1.29, 1.82) is 0 Å². The van der Waals surface area contributed by atoms with Gasteiger partial charge in [-0.05, 0) is 18.9 Å². The fraction of sp³-hybridized carbons (Fsp3) is 0.583. The van der Waals surface area contributed by atoms with Crippen molar-refractivity contribution in [3.05, 3.63) is 17.9 Å². The summed E-state index contributed by atoms with van der Waals surface area (Å²) < 4.78 is 5.15. The lowest BCUT2D eigenvalue weighted by atomic mass is 9.85. The highest BCUT2D eigenvalue weighted by Gasteiger charge is 2.25. The molecule has 1 aromatic heterocycles. The van der Waals surface area contributed by atoms with E-state index in [1.807, 2.05) is 0 Å². The lowest BCUT2D eigenvalue weighted by Crippen LogP contribution is -2.34. The van der Waals surface area contributed by atoms with Gasteiger partial charge in [-0.2, -0.15) is 0 Å². The Morgan fingerprint density at radius 2 is 2.18 bits per heavy atom. The number of carboxylic acid groups (broad SMARTS) is 1. The van der Waals surface area contributed by atoms with Crippen LogP contribution in [-0.4, -0.2) is 28.8 Å². The Morgan fingerprint density at radius 3 is 2.82 bits per heavy atom. The Kier molecular flexibility index (Phi) is 3.68. The Balaban J connectivity index is 2.00. The molecule has 3 N–H and O–H groups in total.